The summed E-state index contributed by atoms with van der Waals surface area (Å²) >= 11 is 5.84. The maximum atomic E-state index is 12.7. The lowest BCUT2D eigenvalue weighted by molar-refractivity contribution is -0.127. The molecule has 2 amide bonds. The third kappa shape index (κ3) is 5.03. The van der Waals surface area contributed by atoms with Crippen LogP contribution < -0.4 is 15.6 Å². The zero-order chi connectivity index (χ0) is 24.3. The number of amides is 2. The van der Waals surface area contributed by atoms with Crippen molar-refractivity contribution < 1.29 is 18.0 Å². The second-order valence-electron chi connectivity index (χ2n) is 7.11. The minimum atomic E-state index is -3.87. The number of hydrazone groups is 1. The Kier molecular flexibility index (Phi) is 6.54. The smallest absolute Gasteiger partial charge is 0.281 e. The number of imide groups is 1. The van der Waals surface area contributed by atoms with Crippen molar-refractivity contribution in [2.45, 2.75) is 17.9 Å². The quantitative estimate of drug-likeness (QED) is 0.331. The second kappa shape index (κ2) is 9.55. The molecule has 1 atom stereocenters. The van der Waals surface area contributed by atoms with Crippen LogP contribution in [0.25, 0.3) is 0 Å². The number of carbonyl (C=O) groups is 2. The maximum Gasteiger partial charge on any atom is 0.281 e. The Balaban J connectivity index is 1.39. The van der Waals surface area contributed by atoms with E-state index in [1.165, 1.54) is 48.8 Å². The van der Waals surface area contributed by atoms with Gasteiger partial charge in [0.25, 0.3) is 21.8 Å². The molecule has 0 spiro atoms. The summed E-state index contributed by atoms with van der Waals surface area (Å²) < 4.78 is 27.2. The Labute approximate surface area is 199 Å². The zero-order valence-corrected chi connectivity index (χ0v) is 19.2. The van der Waals surface area contributed by atoms with E-state index in [1.54, 1.807) is 25.1 Å². The molecule has 0 saturated carbocycles. The van der Waals surface area contributed by atoms with Gasteiger partial charge < -0.3 is 5.43 Å². The van der Waals surface area contributed by atoms with Crippen molar-refractivity contribution in [2.24, 2.45) is 5.10 Å². The van der Waals surface area contributed by atoms with E-state index in [0.29, 0.717) is 16.4 Å². The second-order valence-corrected chi connectivity index (χ2v) is 9.23. The number of anilines is 2. The van der Waals surface area contributed by atoms with Crippen LogP contribution in [0.5, 0.6) is 0 Å². The van der Waals surface area contributed by atoms with Gasteiger partial charge >= 0.3 is 0 Å². The first-order valence-electron chi connectivity index (χ1n) is 9.85. The normalized spacial score (nSPS) is 15.7. The molecule has 174 valence electrons. The van der Waals surface area contributed by atoms with Crippen molar-refractivity contribution in [3.63, 3.8) is 0 Å². The molecule has 0 bridgehead atoms. The first-order valence-corrected chi connectivity index (χ1v) is 11.7. The van der Waals surface area contributed by atoms with Gasteiger partial charge in [-0.3, -0.25) is 9.59 Å². The molecule has 13 heteroatoms. The van der Waals surface area contributed by atoms with Crippen LogP contribution in [0.2, 0.25) is 5.02 Å². The monoisotopic (exact) mass is 499 g/mol. The molecule has 0 radical (unpaired) electrons. The van der Waals surface area contributed by atoms with Crippen molar-refractivity contribution in [2.75, 3.05) is 10.1 Å². The van der Waals surface area contributed by atoms with Gasteiger partial charge in [0.1, 0.15) is 6.04 Å². The highest BCUT2D eigenvalue weighted by Gasteiger charge is 2.37. The van der Waals surface area contributed by atoms with Gasteiger partial charge in [0.2, 0.25) is 5.95 Å². The van der Waals surface area contributed by atoms with Crippen LogP contribution >= 0.6 is 11.6 Å². The molecule has 3 N–H and O–H groups in total. The summed E-state index contributed by atoms with van der Waals surface area (Å²) in [5.41, 5.74) is 6.78. The summed E-state index contributed by atoms with van der Waals surface area (Å²) in [5, 5.41) is 5.33. The van der Waals surface area contributed by atoms with Crippen LogP contribution in [0.3, 0.4) is 0 Å². The Morgan fingerprint density at radius 3 is 2.32 bits per heavy atom. The van der Waals surface area contributed by atoms with E-state index in [-0.39, 0.29) is 16.4 Å². The average Bonchev–Trinajstić information content (AvgIpc) is 3.11. The molecule has 1 aromatic heterocycles. The number of hydrazine groups is 1. The van der Waals surface area contributed by atoms with Crippen molar-refractivity contribution >= 4 is 50.8 Å². The molecule has 2 heterocycles. The molecule has 1 aliphatic rings. The van der Waals surface area contributed by atoms with Crippen LogP contribution in [-0.4, -0.2) is 47.0 Å². The summed E-state index contributed by atoms with van der Waals surface area (Å²) in [7, 11) is -3.87. The van der Waals surface area contributed by atoms with Crippen LogP contribution in [0.4, 0.5) is 11.6 Å². The van der Waals surface area contributed by atoms with Gasteiger partial charge in [-0.15, -0.1) is 0 Å². The molecule has 1 unspecified atom stereocenters. The predicted octanol–water partition coefficient (Wildman–Crippen LogP) is 2.27. The number of aromatic nitrogens is 2. The highest BCUT2D eigenvalue weighted by molar-refractivity contribution is 7.92. The van der Waals surface area contributed by atoms with E-state index < -0.39 is 27.9 Å². The molecule has 2 aromatic carbocycles. The van der Waals surface area contributed by atoms with Crippen LogP contribution in [0.1, 0.15) is 17.3 Å². The minimum absolute atomic E-state index is 0.0000692. The Morgan fingerprint density at radius 1 is 1.03 bits per heavy atom. The summed E-state index contributed by atoms with van der Waals surface area (Å²) in [5.74, 6) is -1.18. The van der Waals surface area contributed by atoms with Crippen molar-refractivity contribution in [1.29, 1.82) is 0 Å². The highest BCUT2D eigenvalue weighted by Crippen LogP contribution is 2.18. The van der Waals surface area contributed by atoms with Crippen LogP contribution in [0.15, 0.2) is 77.0 Å². The molecule has 3 aromatic rings. The summed E-state index contributed by atoms with van der Waals surface area (Å²) in [4.78, 5) is 33.0. The summed E-state index contributed by atoms with van der Waals surface area (Å²) in [6, 6.07) is 12.6. The molecular formula is C21H18ClN7O4S. The molecule has 11 nitrogen and oxygen atoms in total. The number of nitrogens with one attached hydrogen (secondary N) is 3. The lowest BCUT2D eigenvalue weighted by Gasteiger charge is -2.16. The number of sulfonamides is 1. The van der Waals surface area contributed by atoms with E-state index in [2.05, 4.69) is 30.6 Å². The van der Waals surface area contributed by atoms with E-state index in [9.17, 15) is 18.0 Å². The zero-order valence-electron chi connectivity index (χ0n) is 17.6. The average molecular weight is 500 g/mol. The number of benzene rings is 2. The highest BCUT2D eigenvalue weighted by atomic mass is 35.5. The molecule has 0 saturated heterocycles. The van der Waals surface area contributed by atoms with Gasteiger partial charge in [0, 0.05) is 28.7 Å². The van der Waals surface area contributed by atoms with Gasteiger partial charge in [-0.05, 0) is 61.5 Å². The number of carbonyl (C=O) groups excluding carboxylic acids is 2. The first kappa shape index (κ1) is 23.3. The molecule has 4 rings (SSSR count). The van der Waals surface area contributed by atoms with Crippen molar-refractivity contribution in [3.8, 4) is 0 Å². The minimum Gasteiger partial charge on any atom is -0.320 e. The Bertz CT molecular complexity index is 1350. The Hall–Kier alpha value is -3.87. The molecule has 34 heavy (non-hydrogen) atoms. The number of hydrogen-bond donors (Lipinski definition) is 3. The lowest BCUT2D eigenvalue weighted by Crippen LogP contribution is -2.46. The topological polar surface area (TPSA) is 146 Å². The number of halogens is 1. The van der Waals surface area contributed by atoms with Gasteiger partial charge in [-0.2, -0.15) is 10.1 Å². The van der Waals surface area contributed by atoms with Crippen molar-refractivity contribution in [3.05, 3.63) is 77.6 Å². The number of hydrogen-bond acceptors (Lipinski definition) is 9. The van der Waals surface area contributed by atoms with E-state index >= 15 is 0 Å². The van der Waals surface area contributed by atoms with Gasteiger partial charge in [0.05, 0.1) is 10.6 Å². The Morgan fingerprint density at radius 2 is 1.68 bits per heavy atom. The van der Waals surface area contributed by atoms with Gasteiger partial charge in [-0.1, -0.05) is 11.6 Å². The SMILES string of the molecule is CC1=NN(C(=O)c2ccc(Cl)cc2)C(=O)C1NNc1ccc(S(=O)(=O)Nc2ncccn2)cc1. The largest absolute Gasteiger partial charge is 0.320 e. The molecule has 0 fully saturated rings. The van der Waals surface area contributed by atoms with E-state index in [4.69, 9.17) is 11.6 Å². The fraction of sp³-hybridized carbons (Fsp3) is 0.0952. The predicted molar refractivity (Wildman–Crippen MR) is 126 cm³/mol. The number of rotatable bonds is 7. The van der Waals surface area contributed by atoms with E-state index in [0.717, 1.165) is 5.01 Å². The van der Waals surface area contributed by atoms with Crippen molar-refractivity contribution in [1.82, 2.24) is 20.4 Å². The molecular weight excluding hydrogens is 482 g/mol. The third-order valence-corrected chi connectivity index (χ3v) is 6.33. The standard InChI is InChI=1S/C21H18ClN7O4S/c1-13-18(20(31)29(27-13)19(30)14-3-5-15(22)6-4-14)26-25-16-7-9-17(10-8-16)34(32,33)28-21-23-11-2-12-24-21/h2-12,18,25-26H,1H3,(H,23,24,28). The number of nitrogens with zero attached hydrogens (tertiary/aromatic N) is 4. The molecule has 1 aliphatic heterocycles. The lowest BCUT2D eigenvalue weighted by atomic mass is 10.2. The fourth-order valence-corrected chi connectivity index (χ4v) is 4.08. The van der Waals surface area contributed by atoms with Crippen LogP contribution in [0, 0.1) is 0 Å². The third-order valence-electron chi connectivity index (χ3n) is 4.73. The van der Waals surface area contributed by atoms with Gasteiger partial charge in [0.15, 0.2) is 0 Å². The summed E-state index contributed by atoms with van der Waals surface area (Å²) in [6.45, 7) is 1.61. The maximum absolute atomic E-state index is 12.7. The summed E-state index contributed by atoms with van der Waals surface area (Å²) in [6.07, 6.45) is 2.84. The van der Waals surface area contributed by atoms with Crippen LogP contribution in [-0.2, 0) is 14.8 Å². The fourth-order valence-electron chi connectivity index (χ4n) is 3.00. The first-order chi connectivity index (χ1) is 16.2. The molecule has 0 aliphatic carbocycles. The van der Waals surface area contributed by atoms with Gasteiger partial charge in [-0.25, -0.2) is 28.5 Å². The van der Waals surface area contributed by atoms with E-state index in [1.807, 2.05) is 0 Å².